The van der Waals surface area contributed by atoms with Crippen LogP contribution in [0.2, 0.25) is 0 Å². The van der Waals surface area contributed by atoms with Crippen molar-refractivity contribution < 1.29 is 33.5 Å². The molecule has 2 aromatic rings. The maximum atomic E-state index is 12.9. The second-order valence-corrected chi connectivity index (χ2v) is 8.06. The van der Waals surface area contributed by atoms with Crippen LogP contribution < -0.4 is 34.1 Å². The number of hydrogen-bond donors (Lipinski definition) is 3. The Labute approximate surface area is 182 Å². The normalized spacial score (nSPS) is 20.7. The molecule has 1 amide bonds. The molecule has 8 nitrogen and oxygen atoms in total. The molecule has 2 heterocycles. The molecule has 1 atom stereocenters. The van der Waals surface area contributed by atoms with Gasteiger partial charge in [0, 0.05) is 11.1 Å². The van der Waals surface area contributed by atoms with E-state index in [0.717, 1.165) is 43.2 Å². The predicted molar refractivity (Wildman–Crippen MR) is 115 cm³/mol. The zero-order valence-electron chi connectivity index (χ0n) is 18.3. The van der Waals surface area contributed by atoms with E-state index in [4.69, 9.17) is 18.9 Å². The molecule has 0 spiro atoms. The number of methoxy groups -OCH3 is 2. The van der Waals surface area contributed by atoms with Crippen LogP contribution in [0.4, 0.5) is 0 Å². The van der Waals surface area contributed by atoms with Crippen molar-refractivity contribution in [1.82, 2.24) is 5.32 Å². The maximum absolute atomic E-state index is 12.9. The molecule has 31 heavy (non-hydrogen) atoms. The molecule has 8 heteroatoms. The van der Waals surface area contributed by atoms with Crippen molar-refractivity contribution in [2.45, 2.75) is 6.04 Å². The standard InChI is InChI=1S/C23H29N3O5/c1-25-8-10-26(11-9-25)18(16-4-7-20-22(12-16)31-15-30-20)14-24-23(27)17-5-6-19(28-2)21(13-17)29-3/h4-7,12-13,18H,8-11,14-15H2,1-3H3,(H,24,27)/p+2/t18-/m1/s1. The molecule has 166 valence electrons. The Hall–Kier alpha value is -2.97. The summed E-state index contributed by atoms with van der Waals surface area (Å²) in [5.74, 6) is 2.55. The Morgan fingerprint density at radius 2 is 1.74 bits per heavy atom. The third-order valence-corrected chi connectivity index (χ3v) is 6.15. The summed E-state index contributed by atoms with van der Waals surface area (Å²) in [4.78, 5) is 15.9. The Bertz CT molecular complexity index is 927. The fourth-order valence-corrected chi connectivity index (χ4v) is 4.25. The van der Waals surface area contributed by atoms with E-state index in [1.165, 1.54) is 4.90 Å². The number of benzene rings is 2. The van der Waals surface area contributed by atoms with Crippen LogP contribution in [0.15, 0.2) is 36.4 Å². The second-order valence-electron chi connectivity index (χ2n) is 8.06. The monoisotopic (exact) mass is 429 g/mol. The average Bonchev–Trinajstić information content (AvgIpc) is 3.27. The zero-order chi connectivity index (χ0) is 21.8. The Morgan fingerprint density at radius 3 is 2.48 bits per heavy atom. The van der Waals surface area contributed by atoms with Crippen LogP contribution in [0.5, 0.6) is 23.0 Å². The fourth-order valence-electron chi connectivity index (χ4n) is 4.25. The highest BCUT2D eigenvalue weighted by Crippen LogP contribution is 2.33. The Kier molecular flexibility index (Phi) is 6.48. The summed E-state index contributed by atoms with van der Waals surface area (Å²) in [6.45, 7) is 5.11. The van der Waals surface area contributed by atoms with E-state index in [1.54, 1.807) is 37.3 Å². The smallest absolute Gasteiger partial charge is 0.251 e. The lowest BCUT2D eigenvalue weighted by Gasteiger charge is -2.33. The van der Waals surface area contributed by atoms with Crippen LogP contribution >= 0.6 is 0 Å². The lowest BCUT2D eigenvalue weighted by Crippen LogP contribution is -3.27. The largest absolute Gasteiger partial charge is 0.493 e. The first kappa shape index (κ1) is 21.3. The fraction of sp³-hybridized carbons (Fsp3) is 0.435. The number of nitrogens with one attached hydrogen (secondary N) is 3. The molecule has 0 bridgehead atoms. The molecule has 0 aromatic heterocycles. The van der Waals surface area contributed by atoms with Crippen molar-refractivity contribution in [2.24, 2.45) is 0 Å². The molecule has 0 saturated carbocycles. The molecular weight excluding hydrogens is 398 g/mol. The van der Waals surface area contributed by atoms with Crippen molar-refractivity contribution in [3.8, 4) is 23.0 Å². The highest BCUT2D eigenvalue weighted by atomic mass is 16.7. The first-order valence-electron chi connectivity index (χ1n) is 10.6. The van der Waals surface area contributed by atoms with Gasteiger partial charge in [0.1, 0.15) is 32.2 Å². The van der Waals surface area contributed by atoms with E-state index in [-0.39, 0.29) is 18.7 Å². The number of carbonyl (C=O) groups excluding carboxylic acids is 1. The van der Waals surface area contributed by atoms with Crippen molar-refractivity contribution in [2.75, 3.05) is 60.8 Å². The quantitative estimate of drug-likeness (QED) is 0.544. The Morgan fingerprint density at radius 1 is 1.00 bits per heavy atom. The van der Waals surface area contributed by atoms with Crippen LogP contribution in [0, 0.1) is 0 Å². The number of fused-ring (bicyclic) bond motifs is 1. The molecule has 0 radical (unpaired) electrons. The topological polar surface area (TPSA) is 74.9 Å². The van der Waals surface area contributed by atoms with Gasteiger partial charge >= 0.3 is 0 Å². The average molecular weight is 430 g/mol. The summed E-state index contributed by atoms with van der Waals surface area (Å²) in [5.41, 5.74) is 1.69. The summed E-state index contributed by atoms with van der Waals surface area (Å²) in [5, 5.41) is 3.13. The van der Waals surface area contributed by atoms with Gasteiger partial charge < -0.3 is 34.1 Å². The van der Waals surface area contributed by atoms with Gasteiger partial charge in [-0.1, -0.05) is 0 Å². The van der Waals surface area contributed by atoms with Crippen molar-refractivity contribution in [3.63, 3.8) is 0 Å². The molecule has 1 fully saturated rings. The third kappa shape index (κ3) is 4.70. The lowest BCUT2D eigenvalue weighted by molar-refractivity contribution is -1.02. The number of hydrogen-bond acceptors (Lipinski definition) is 5. The van der Waals surface area contributed by atoms with Gasteiger partial charge in [0.15, 0.2) is 23.0 Å². The summed E-state index contributed by atoms with van der Waals surface area (Å²) in [6.07, 6.45) is 0. The highest BCUT2D eigenvalue weighted by molar-refractivity contribution is 5.94. The van der Waals surface area contributed by atoms with Crippen molar-refractivity contribution in [1.29, 1.82) is 0 Å². The molecule has 1 saturated heterocycles. The molecule has 3 N–H and O–H groups in total. The molecule has 2 aromatic carbocycles. The van der Waals surface area contributed by atoms with Crippen LogP contribution in [-0.4, -0.2) is 66.7 Å². The summed E-state index contributed by atoms with van der Waals surface area (Å²) in [7, 11) is 5.37. The third-order valence-electron chi connectivity index (χ3n) is 6.15. The van der Waals surface area contributed by atoms with Crippen molar-refractivity contribution in [3.05, 3.63) is 47.5 Å². The summed E-state index contributed by atoms with van der Waals surface area (Å²) >= 11 is 0. The molecular formula is C23H31N3O5+2. The van der Waals surface area contributed by atoms with Gasteiger partial charge in [-0.25, -0.2) is 0 Å². The number of quaternary nitrogens is 2. The summed E-state index contributed by atoms with van der Waals surface area (Å²) < 4.78 is 21.7. The predicted octanol–water partition coefficient (Wildman–Crippen LogP) is -0.683. The Balaban J connectivity index is 1.51. The number of piperazine rings is 1. The number of ether oxygens (including phenoxy) is 4. The first-order valence-corrected chi connectivity index (χ1v) is 10.6. The van der Waals surface area contributed by atoms with Crippen molar-refractivity contribution >= 4 is 5.91 Å². The number of likely N-dealkylation sites (N-methyl/N-ethyl adjacent to an activating group) is 1. The van der Waals surface area contributed by atoms with E-state index < -0.39 is 0 Å². The lowest BCUT2D eigenvalue weighted by atomic mass is 10.0. The molecule has 0 unspecified atom stereocenters. The van der Waals surface area contributed by atoms with Crippen LogP contribution in [0.25, 0.3) is 0 Å². The van der Waals surface area contributed by atoms with Gasteiger partial charge in [-0.15, -0.1) is 0 Å². The van der Waals surface area contributed by atoms with Crippen LogP contribution in [0.3, 0.4) is 0 Å². The maximum Gasteiger partial charge on any atom is 0.251 e. The SMILES string of the molecule is COc1ccc(C(=O)NC[C@H](c2ccc3c(c2)OCO3)[NH+]2CC[NH+](C)CC2)cc1OC. The second kappa shape index (κ2) is 9.45. The molecule has 0 aliphatic carbocycles. The highest BCUT2D eigenvalue weighted by Gasteiger charge is 2.31. The van der Waals surface area contributed by atoms with E-state index in [0.29, 0.717) is 23.6 Å². The zero-order valence-corrected chi connectivity index (χ0v) is 18.3. The van der Waals surface area contributed by atoms with E-state index in [2.05, 4.69) is 18.4 Å². The van der Waals surface area contributed by atoms with Gasteiger partial charge in [0.2, 0.25) is 6.79 Å². The number of carbonyl (C=O) groups is 1. The van der Waals surface area contributed by atoms with Gasteiger partial charge in [0.25, 0.3) is 5.91 Å². The first-order chi connectivity index (χ1) is 15.1. The molecule has 2 aliphatic heterocycles. The van der Waals surface area contributed by atoms with Gasteiger partial charge in [0.05, 0.1) is 27.8 Å². The summed E-state index contributed by atoms with van der Waals surface area (Å²) in [6, 6.07) is 11.4. The molecule has 2 aliphatic rings. The van der Waals surface area contributed by atoms with E-state index >= 15 is 0 Å². The minimum atomic E-state index is -0.133. The van der Waals surface area contributed by atoms with Gasteiger partial charge in [-0.3, -0.25) is 4.79 Å². The number of rotatable bonds is 7. The minimum absolute atomic E-state index is 0.131. The number of amides is 1. The van der Waals surface area contributed by atoms with E-state index in [9.17, 15) is 4.79 Å². The van der Waals surface area contributed by atoms with Gasteiger partial charge in [-0.05, 0) is 36.4 Å². The van der Waals surface area contributed by atoms with E-state index in [1.807, 2.05) is 12.1 Å². The molecule has 4 rings (SSSR count). The minimum Gasteiger partial charge on any atom is -0.493 e. The van der Waals surface area contributed by atoms with Gasteiger partial charge in [-0.2, -0.15) is 0 Å². The van der Waals surface area contributed by atoms with Crippen LogP contribution in [0.1, 0.15) is 22.0 Å². The van der Waals surface area contributed by atoms with Crippen LogP contribution in [-0.2, 0) is 0 Å².